The van der Waals surface area contributed by atoms with Gasteiger partial charge in [0, 0.05) is 38.3 Å². The van der Waals surface area contributed by atoms with Gasteiger partial charge in [-0.15, -0.1) is 5.10 Å². The van der Waals surface area contributed by atoms with Gasteiger partial charge in [0.25, 0.3) is 0 Å². The van der Waals surface area contributed by atoms with Crippen LogP contribution >= 0.6 is 0 Å². The van der Waals surface area contributed by atoms with Crippen LogP contribution in [0.1, 0.15) is 13.3 Å². The molecule has 1 fully saturated rings. The number of pyridine rings is 1. The summed E-state index contributed by atoms with van der Waals surface area (Å²) in [6.07, 6.45) is 1.98. The molecule has 0 aliphatic carbocycles. The molecule has 1 saturated heterocycles. The van der Waals surface area contributed by atoms with Crippen molar-refractivity contribution in [3.8, 4) is 0 Å². The van der Waals surface area contributed by atoms with E-state index in [-0.39, 0.29) is 17.6 Å². The molecule has 2 aromatic rings. The van der Waals surface area contributed by atoms with Crippen LogP contribution in [0, 0.1) is 0 Å². The van der Waals surface area contributed by atoms with E-state index in [4.69, 9.17) is 0 Å². The van der Waals surface area contributed by atoms with E-state index in [1.807, 2.05) is 17.9 Å². The fourth-order valence-corrected chi connectivity index (χ4v) is 2.67. The second-order valence-corrected chi connectivity index (χ2v) is 5.32. The van der Waals surface area contributed by atoms with Crippen molar-refractivity contribution in [1.29, 1.82) is 0 Å². The van der Waals surface area contributed by atoms with Crippen LogP contribution in [-0.2, 0) is 11.3 Å². The highest BCUT2D eigenvalue weighted by atomic mass is 16.2. The van der Waals surface area contributed by atoms with Crippen LogP contribution in [0.2, 0.25) is 0 Å². The molecule has 3 heterocycles. The summed E-state index contributed by atoms with van der Waals surface area (Å²) in [7, 11) is 0. The zero-order valence-electron chi connectivity index (χ0n) is 12.0. The smallest absolute Gasteiger partial charge is 0.337 e. The molecule has 0 spiro atoms. The number of rotatable bonds is 3. The largest absolute Gasteiger partial charge is 0.350 e. The van der Waals surface area contributed by atoms with Gasteiger partial charge in [0.1, 0.15) is 0 Å². The topological polar surface area (TPSA) is 71.6 Å². The van der Waals surface area contributed by atoms with Crippen molar-refractivity contribution in [3.63, 3.8) is 0 Å². The third-order valence-electron chi connectivity index (χ3n) is 3.85. The normalized spacial score (nSPS) is 19.1. The van der Waals surface area contributed by atoms with Gasteiger partial charge in [0.2, 0.25) is 5.91 Å². The molecule has 0 aromatic carbocycles. The summed E-state index contributed by atoms with van der Waals surface area (Å²) < 4.78 is 2.85. The standard InChI is InChI=1S/C14H19N5O2/c1-11-10-15-6-9-17(11)13(20)5-8-19-14(21)18-7-3-2-4-12(18)16-19/h2-4,7,11,15H,5-6,8-10H2,1H3/t11-/m0/s1. The van der Waals surface area contributed by atoms with E-state index < -0.39 is 0 Å². The van der Waals surface area contributed by atoms with Crippen molar-refractivity contribution in [2.24, 2.45) is 0 Å². The second kappa shape index (κ2) is 5.69. The number of nitrogens with one attached hydrogen (secondary N) is 1. The minimum absolute atomic E-state index is 0.0768. The molecule has 1 atom stereocenters. The Labute approximate surface area is 122 Å². The molecule has 112 valence electrons. The fraction of sp³-hybridized carbons (Fsp3) is 0.500. The lowest BCUT2D eigenvalue weighted by molar-refractivity contribution is -0.134. The van der Waals surface area contributed by atoms with Crippen LogP contribution in [-0.4, -0.2) is 50.7 Å². The number of piperazine rings is 1. The molecular weight excluding hydrogens is 270 g/mol. The molecule has 7 nitrogen and oxygen atoms in total. The molecule has 1 aliphatic rings. The van der Waals surface area contributed by atoms with Gasteiger partial charge in [0.15, 0.2) is 5.65 Å². The number of hydrogen-bond acceptors (Lipinski definition) is 4. The number of carbonyl (C=O) groups excluding carboxylic acids is 1. The van der Waals surface area contributed by atoms with Gasteiger partial charge in [-0.2, -0.15) is 0 Å². The van der Waals surface area contributed by atoms with Crippen molar-refractivity contribution in [3.05, 3.63) is 34.9 Å². The van der Waals surface area contributed by atoms with E-state index >= 15 is 0 Å². The van der Waals surface area contributed by atoms with E-state index in [0.717, 1.165) is 19.6 Å². The molecule has 1 aliphatic heterocycles. The number of nitrogens with zero attached hydrogens (tertiary/aromatic N) is 4. The molecule has 0 radical (unpaired) electrons. The number of aryl methyl sites for hydroxylation is 1. The average molecular weight is 289 g/mol. The van der Waals surface area contributed by atoms with Gasteiger partial charge in [-0.3, -0.25) is 9.20 Å². The predicted molar refractivity (Wildman–Crippen MR) is 78.1 cm³/mol. The van der Waals surface area contributed by atoms with E-state index in [9.17, 15) is 9.59 Å². The highest BCUT2D eigenvalue weighted by molar-refractivity contribution is 5.76. The molecule has 21 heavy (non-hydrogen) atoms. The van der Waals surface area contributed by atoms with Crippen molar-refractivity contribution in [2.75, 3.05) is 19.6 Å². The maximum Gasteiger partial charge on any atom is 0.350 e. The third-order valence-corrected chi connectivity index (χ3v) is 3.85. The monoisotopic (exact) mass is 289 g/mol. The van der Waals surface area contributed by atoms with E-state index in [1.165, 1.54) is 9.08 Å². The van der Waals surface area contributed by atoms with Crippen LogP contribution in [0.25, 0.3) is 5.65 Å². The van der Waals surface area contributed by atoms with Crippen LogP contribution in [0.4, 0.5) is 0 Å². The minimum Gasteiger partial charge on any atom is -0.337 e. The first kappa shape index (κ1) is 13.8. The van der Waals surface area contributed by atoms with Crippen LogP contribution in [0.5, 0.6) is 0 Å². The number of aromatic nitrogens is 3. The molecule has 0 saturated carbocycles. The Morgan fingerprint density at radius 2 is 2.33 bits per heavy atom. The quantitative estimate of drug-likeness (QED) is 0.842. The van der Waals surface area contributed by atoms with E-state index in [2.05, 4.69) is 10.4 Å². The van der Waals surface area contributed by atoms with Crippen LogP contribution in [0.3, 0.4) is 0 Å². The summed E-state index contributed by atoms with van der Waals surface area (Å²) in [5.74, 6) is 0.0768. The number of hydrogen-bond donors (Lipinski definition) is 1. The van der Waals surface area contributed by atoms with E-state index in [1.54, 1.807) is 18.3 Å². The van der Waals surface area contributed by atoms with Crippen molar-refractivity contribution in [2.45, 2.75) is 25.9 Å². The summed E-state index contributed by atoms with van der Waals surface area (Å²) in [5.41, 5.74) is 0.400. The number of carbonyl (C=O) groups is 1. The maximum absolute atomic E-state index is 12.3. The summed E-state index contributed by atoms with van der Waals surface area (Å²) in [5, 5.41) is 7.49. The zero-order chi connectivity index (χ0) is 14.8. The SMILES string of the molecule is C[C@H]1CNCCN1C(=O)CCn1nc2ccccn2c1=O. The van der Waals surface area contributed by atoms with Crippen molar-refractivity contribution < 1.29 is 4.79 Å². The average Bonchev–Trinajstić information content (AvgIpc) is 2.82. The van der Waals surface area contributed by atoms with E-state index in [0.29, 0.717) is 18.6 Å². The zero-order valence-corrected chi connectivity index (χ0v) is 12.0. The minimum atomic E-state index is -0.202. The molecule has 1 amide bonds. The first-order valence-electron chi connectivity index (χ1n) is 7.21. The van der Waals surface area contributed by atoms with Gasteiger partial charge >= 0.3 is 5.69 Å². The number of fused-ring (bicyclic) bond motifs is 1. The highest BCUT2D eigenvalue weighted by Gasteiger charge is 2.22. The van der Waals surface area contributed by atoms with Crippen molar-refractivity contribution in [1.82, 2.24) is 24.4 Å². The Kier molecular flexibility index (Phi) is 3.74. The van der Waals surface area contributed by atoms with Gasteiger partial charge in [0.05, 0.1) is 6.54 Å². The Balaban J connectivity index is 1.70. The molecule has 2 aromatic heterocycles. The second-order valence-electron chi connectivity index (χ2n) is 5.32. The Morgan fingerprint density at radius 1 is 1.48 bits per heavy atom. The predicted octanol–water partition coefficient (Wildman–Crippen LogP) is -0.294. The number of amides is 1. The highest BCUT2D eigenvalue weighted by Crippen LogP contribution is 2.05. The first-order valence-corrected chi connectivity index (χ1v) is 7.21. The maximum atomic E-state index is 12.3. The van der Waals surface area contributed by atoms with Gasteiger partial charge in [-0.05, 0) is 19.1 Å². The molecule has 1 N–H and O–H groups in total. The Hall–Kier alpha value is -2.15. The molecular formula is C14H19N5O2. The molecule has 7 heteroatoms. The summed E-state index contributed by atoms with van der Waals surface area (Å²) in [6.45, 7) is 4.71. The molecule has 0 unspecified atom stereocenters. The third kappa shape index (κ3) is 2.69. The summed E-state index contributed by atoms with van der Waals surface area (Å²) >= 11 is 0. The summed E-state index contributed by atoms with van der Waals surface area (Å²) in [4.78, 5) is 26.2. The molecule has 0 bridgehead atoms. The van der Waals surface area contributed by atoms with Crippen LogP contribution in [0.15, 0.2) is 29.2 Å². The summed E-state index contributed by atoms with van der Waals surface area (Å²) in [6, 6.07) is 5.59. The van der Waals surface area contributed by atoms with Gasteiger partial charge in [-0.1, -0.05) is 6.07 Å². The molecule has 3 rings (SSSR count). The lowest BCUT2D eigenvalue weighted by Gasteiger charge is -2.34. The lowest BCUT2D eigenvalue weighted by Crippen LogP contribution is -2.52. The van der Waals surface area contributed by atoms with Crippen molar-refractivity contribution >= 4 is 11.6 Å². The van der Waals surface area contributed by atoms with Gasteiger partial charge in [-0.25, -0.2) is 9.48 Å². The Bertz CT molecular complexity index is 705. The first-order chi connectivity index (χ1) is 10.2. The lowest BCUT2D eigenvalue weighted by atomic mass is 10.2. The Morgan fingerprint density at radius 3 is 3.10 bits per heavy atom. The van der Waals surface area contributed by atoms with Gasteiger partial charge < -0.3 is 10.2 Å². The fourth-order valence-electron chi connectivity index (χ4n) is 2.67. The van der Waals surface area contributed by atoms with Crippen LogP contribution < -0.4 is 11.0 Å².